The molecule has 0 bridgehead atoms. The molecule has 1 fully saturated rings. The molecule has 1 aromatic rings. The van der Waals surface area contributed by atoms with Crippen molar-refractivity contribution in [1.29, 1.82) is 0 Å². The van der Waals surface area contributed by atoms with E-state index in [2.05, 4.69) is 24.3 Å². The second-order valence-corrected chi connectivity index (χ2v) is 7.08. The highest BCUT2D eigenvalue weighted by Gasteiger charge is 2.45. The van der Waals surface area contributed by atoms with Crippen LogP contribution in [-0.2, 0) is 16.6 Å². The molecule has 0 saturated carbocycles. The highest BCUT2D eigenvalue weighted by molar-refractivity contribution is 5.68. The number of hydrogen-bond acceptors (Lipinski definition) is 2. The van der Waals surface area contributed by atoms with Gasteiger partial charge in [0.1, 0.15) is 5.60 Å². The Hall–Kier alpha value is -1.51. The predicted octanol–water partition coefficient (Wildman–Crippen LogP) is 3.51. The van der Waals surface area contributed by atoms with Crippen LogP contribution in [0.2, 0.25) is 0 Å². The zero-order valence-corrected chi connectivity index (χ0v) is 12.6. The van der Waals surface area contributed by atoms with Crippen LogP contribution in [0.4, 0.5) is 4.79 Å². The van der Waals surface area contributed by atoms with Crippen LogP contribution in [0, 0.1) is 0 Å². The lowest BCUT2D eigenvalue weighted by Gasteiger charge is -2.49. The second-order valence-electron chi connectivity index (χ2n) is 7.08. The Bertz CT molecular complexity index is 522. The van der Waals surface area contributed by atoms with Crippen molar-refractivity contribution in [3.8, 4) is 0 Å². The van der Waals surface area contributed by atoms with Crippen molar-refractivity contribution in [2.24, 2.45) is 0 Å². The number of piperidine rings is 1. The van der Waals surface area contributed by atoms with Gasteiger partial charge in [0.05, 0.1) is 0 Å². The maximum atomic E-state index is 12.1. The smallest absolute Gasteiger partial charge is 0.410 e. The summed E-state index contributed by atoms with van der Waals surface area (Å²) >= 11 is 0. The molecule has 108 valence electrons. The number of fused-ring (bicyclic) bond motifs is 2. The summed E-state index contributed by atoms with van der Waals surface area (Å²) < 4.78 is 5.45. The van der Waals surface area contributed by atoms with Gasteiger partial charge < -0.3 is 9.64 Å². The average molecular weight is 273 g/mol. The normalized spacial score (nSPS) is 20.2. The van der Waals surface area contributed by atoms with Gasteiger partial charge in [0.25, 0.3) is 0 Å². The van der Waals surface area contributed by atoms with Crippen LogP contribution < -0.4 is 0 Å². The Balaban J connectivity index is 1.63. The van der Waals surface area contributed by atoms with E-state index in [9.17, 15) is 4.79 Å². The van der Waals surface area contributed by atoms with Crippen molar-refractivity contribution >= 4 is 6.09 Å². The third kappa shape index (κ3) is 2.30. The number of rotatable bonds is 0. The lowest BCUT2D eigenvalue weighted by atomic mass is 9.59. The van der Waals surface area contributed by atoms with E-state index in [-0.39, 0.29) is 6.09 Å². The summed E-state index contributed by atoms with van der Waals surface area (Å²) in [6, 6.07) is 8.71. The first-order valence-electron chi connectivity index (χ1n) is 7.46. The van der Waals surface area contributed by atoms with E-state index in [0.717, 1.165) is 25.9 Å². The predicted molar refractivity (Wildman–Crippen MR) is 78.9 cm³/mol. The number of amides is 1. The van der Waals surface area contributed by atoms with Gasteiger partial charge in [-0.2, -0.15) is 0 Å². The van der Waals surface area contributed by atoms with Crippen LogP contribution in [0.5, 0.6) is 0 Å². The molecule has 1 saturated heterocycles. The van der Waals surface area contributed by atoms with Gasteiger partial charge in [-0.1, -0.05) is 24.3 Å². The second kappa shape index (κ2) is 4.51. The summed E-state index contributed by atoms with van der Waals surface area (Å²) in [6.45, 7) is 7.36. The van der Waals surface area contributed by atoms with Crippen molar-refractivity contribution in [3.05, 3.63) is 35.4 Å². The van der Waals surface area contributed by atoms with Crippen molar-refractivity contribution in [1.82, 2.24) is 4.90 Å². The summed E-state index contributed by atoms with van der Waals surface area (Å²) in [6.07, 6.45) is 3.12. The molecule has 0 atom stereocenters. The van der Waals surface area contributed by atoms with Crippen LogP contribution in [0.1, 0.15) is 44.7 Å². The first kappa shape index (κ1) is 13.5. The van der Waals surface area contributed by atoms with E-state index >= 15 is 0 Å². The highest BCUT2D eigenvalue weighted by Crippen LogP contribution is 2.48. The quantitative estimate of drug-likeness (QED) is 0.724. The molecule has 0 aromatic heterocycles. The van der Waals surface area contributed by atoms with Crippen LogP contribution >= 0.6 is 0 Å². The topological polar surface area (TPSA) is 29.5 Å². The molecule has 1 aromatic carbocycles. The van der Waals surface area contributed by atoms with Gasteiger partial charge in [-0.15, -0.1) is 0 Å². The van der Waals surface area contributed by atoms with Crippen molar-refractivity contribution < 1.29 is 9.53 Å². The van der Waals surface area contributed by atoms with E-state index in [0.29, 0.717) is 5.41 Å². The van der Waals surface area contributed by atoms with E-state index in [1.807, 2.05) is 25.7 Å². The molecule has 1 spiro atoms. The van der Waals surface area contributed by atoms with Gasteiger partial charge in [0.2, 0.25) is 0 Å². The summed E-state index contributed by atoms with van der Waals surface area (Å²) in [7, 11) is 0. The maximum absolute atomic E-state index is 12.1. The van der Waals surface area contributed by atoms with Gasteiger partial charge in [0.15, 0.2) is 0 Å². The van der Waals surface area contributed by atoms with E-state index in [1.165, 1.54) is 17.5 Å². The third-order valence-corrected chi connectivity index (χ3v) is 4.49. The maximum Gasteiger partial charge on any atom is 0.410 e. The first-order chi connectivity index (χ1) is 9.40. The van der Waals surface area contributed by atoms with Crippen molar-refractivity contribution in [2.75, 3.05) is 13.1 Å². The van der Waals surface area contributed by atoms with Crippen LogP contribution in [0.15, 0.2) is 24.3 Å². The zero-order chi connectivity index (χ0) is 14.4. The molecule has 3 nitrogen and oxygen atoms in total. The van der Waals surface area contributed by atoms with E-state index < -0.39 is 5.60 Å². The van der Waals surface area contributed by atoms with Gasteiger partial charge in [0, 0.05) is 18.5 Å². The fourth-order valence-corrected chi connectivity index (χ4v) is 3.43. The van der Waals surface area contributed by atoms with Crippen LogP contribution in [0.25, 0.3) is 0 Å². The number of nitrogens with zero attached hydrogens (tertiary/aromatic N) is 1. The minimum Gasteiger partial charge on any atom is -0.444 e. The molecule has 3 heteroatoms. The number of carbonyl (C=O) groups excluding carboxylic acids is 1. The molecule has 2 aliphatic rings. The Kier molecular flexibility index (Phi) is 3.03. The van der Waals surface area contributed by atoms with Crippen LogP contribution in [-0.4, -0.2) is 29.7 Å². The van der Waals surface area contributed by atoms with E-state index in [4.69, 9.17) is 4.74 Å². The first-order valence-corrected chi connectivity index (χ1v) is 7.46. The number of carbonyl (C=O) groups is 1. The van der Waals surface area contributed by atoms with Gasteiger partial charge in [-0.3, -0.25) is 0 Å². The van der Waals surface area contributed by atoms with Crippen LogP contribution in [0.3, 0.4) is 0 Å². The van der Waals surface area contributed by atoms with Crippen molar-refractivity contribution in [3.63, 3.8) is 0 Å². The van der Waals surface area contributed by atoms with Crippen molar-refractivity contribution in [2.45, 2.75) is 51.0 Å². The number of likely N-dealkylation sites (tertiary alicyclic amines) is 1. The summed E-state index contributed by atoms with van der Waals surface area (Å²) in [5.74, 6) is 0. The number of ether oxygens (including phenoxy) is 1. The van der Waals surface area contributed by atoms with Gasteiger partial charge >= 0.3 is 6.09 Å². The summed E-state index contributed by atoms with van der Waals surface area (Å²) in [5.41, 5.74) is 2.91. The molecule has 1 amide bonds. The van der Waals surface area contributed by atoms with E-state index in [1.54, 1.807) is 0 Å². The fourth-order valence-electron chi connectivity index (χ4n) is 3.43. The Morgan fingerprint density at radius 2 is 1.85 bits per heavy atom. The SMILES string of the molecule is CC(C)(C)OC(=O)N1CCC2(CC1)Cc1ccccc12. The Labute approximate surface area is 120 Å². The molecular weight excluding hydrogens is 250 g/mol. The molecule has 1 aliphatic heterocycles. The van der Waals surface area contributed by atoms with Gasteiger partial charge in [-0.25, -0.2) is 4.79 Å². The minimum absolute atomic E-state index is 0.167. The largest absolute Gasteiger partial charge is 0.444 e. The zero-order valence-electron chi connectivity index (χ0n) is 12.6. The average Bonchev–Trinajstić information content (AvgIpc) is 2.36. The fraction of sp³-hybridized carbons (Fsp3) is 0.588. The molecular formula is C17H23NO2. The minimum atomic E-state index is -0.407. The molecule has 0 radical (unpaired) electrons. The molecule has 1 heterocycles. The molecule has 0 unspecified atom stereocenters. The summed E-state index contributed by atoms with van der Waals surface area (Å²) in [5, 5.41) is 0. The monoisotopic (exact) mass is 273 g/mol. The highest BCUT2D eigenvalue weighted by atomic mass is 16.6. The molecule has 0 N–H and O–H groups in total. The summed E-state index contributed by atoms with van der Waals surface area (Å²) in [4.78, 5) is 13.9. The standard InChI is InChI=1S/C17H23NO2/c1-16(2,3)20-15(19)18-10-8-17(9-11-18)12-13-6-4-5-7-14(13)17/h4-7H,8-12H2,1-3H3. The lowest BCUT2D eigenvalue weighted by molar-refractivity contribution is 0.0151. The molecule has 20 heavy (non-hydrogen) atoms. The number of hydrogen-bond donors (Lipinski definition) is 0. The Morgan fingerprint density at radius 3 is 2.45 bits per heavy atom. The molecule has 1 aliphatic carbocycles. The lowest BCUT2D eigenvalue weighted by Crippen LogP contribution is -2.51. The number of benzene rings is 1. The third-order valence-electron chi connectivity index (χ3n) is 4.49. The van der Waals surface area contributed by atoms with Gasteiger partial charge in [-0.05, 0) is 51.2 Å². The molecule has 3 rings (SSSR count). The Morgan fingerprint density at radius 1 is 1.20 bits per heavy atom.